The van der Waals surface area contributed by atoms with Crippen molar-refractivity contribution in [1.82, 2.24) is 9.69 Å². The van der Waals surface area contributed by atoms with Crippen molar-refractivity contribution in [2.45, 2.75) is 44.7 Å². The average molecular weight is 548 g/mol. The minimum atomic E-state index is -1.03. The first-order valence-electron chi connectivity index (χ1n) is 11.7. The van der Waals surface area contributed by atoms with Gasteiger partial charge in [0.15, 0.2) is 5.69 Å². The third-order valence-corrected chi connectivity index (χ3v) is 7.69. The van der Waals surface area contributed by atoms with Gasteiger partial charge in [-0.05, 0) is 61.1 Å². The van der Waals surface area contributed by atoms with E-state index in [9.17, 15) is 9.59 Å². The summed E-state index contributed by atoms with van der Waals surface area (Å²) in [5.74, 6) is 0.232. The lowest BCUT2D eigenvalue weighted by Crippen LogP contribution is -2.46. The lowest BCUT2D eigenvalue weighted by Gasteiger charge is -2.33. The molecule has 7 nitrogen and oxygen atoms in total. The van der Waals surface area contributed by atoms with Gasteiger partial charge in [-0.15, -0.1) is 0 Å². The first-order chi connectivity index (χ1) is 17.4. The van der Waals surface area contributed by atoms with E-state index >= 15 is 0 Å². The number of rotatable bonds is 9. The van der Waals surface area contributed by atoms with E-state index in [-0.39, 0.29) is 27.0 Å². The molecule has 3 aromatic rings. The highest BCUT2D eigenvalue weighted by Crippen LogP contribution is 2.39. The summed E-state index contributed by atoms with van der Waals surface area (Å²) in [4.78, 5) is 29.4. The average Bonchev–Trinajstić information content (AvgIpc) is 3.52. The largest absolute Gasteiger partial charge is 0.497 e. The van der Waals surface area contributed by atoms with E-state index in [0.29, 0.717) is 29.4 Å². The first-order valence-corrected chi connectivity index (χ1v) is 13.3. The molecular formula is C26H27Cl2N3O4S. The highest BCUT2D eigenvalue weighted by molar-refractivity contribution is 7.11. The molecule has 2 amide bonds. The van der Waals surface area contributed by atoms with Crippen molar-refractivity contribution < 1.29 is 19.1 Å². The second kappa shape index (κ2) is 12.0. The Kier molecular flexibility index (Phi) is 8.72. The van der Waals surface area contributed by atoms with E-state index < -0.39 is 11.9 Å². The summed E-state index contributed by atoms with van der Waals surface area (Å²) >= 11 is 13.4. The Bertz CT molecular complexity index is 1210. The number of halogens is 2. The molecule has 0 bridgehead atoms. The van der Waals surface area contributed by atoms with Gasteiger partial charge in [0.25, 0.3) is 5.91 Å². The van der Waals surface area contributed by atoms with E-state index in [1.54, 1.807) is 49.6 Å². The van der Waals surface area contributed by atoms with Crippen molar-refractivity contribution in [3.8, 4) is 11.5 Å². The lowest BCUT2D eigenvalue weighted by molar-refractivity contribution is -0.123. The second-order valence-corrected chi connectivity index (χ2v) is 10.1. The van der Waals surface area contributed by atoms with Gasteiger partial charge in [-0.3, -0.25) is 14.5 Å². The molecule has 190 valence electrons. The number of nitrogens with one attached hydrogen (secondary N) is 1. The van der Waals surface area contributed by atoms with Crippen LogP contribution >= 0.6 is 34.7 Å². The van der Waals surface area contributed by atoms with Crippen LogP contribution in [0.4, 0.5) is 5.69 Å². The highest BCUT2D eigenvalue weighted by atomic mass is 35.5. The molecule has 4 rings (SSSR count). The number of hydrogen-bond donors (Lipinski definition) is 1. The molecule has 10 heteroatoms. The van der Waals surface area contributed by atoms with Crippen LogP contribution in [0.1, 0.15) is 54.7 Å². The molecular weight excluding hydrogens is 521 g/mol. The zero-order chi connectivity index (χ0) is 25.7. The number of methoxy groups -OCH3 is 1. The molecule has 1 aliphatic rings. The number of carbonyl (C=O) groups is 2. The summed E-state index contributed by atoms with van der Waals surface area (Å²) in [6.45, 7) is 2.23. The Balaban J connectivity index is 1.88. The fourth-order valence-corrected chi connectivity index (χ4v) is 5.35. The van der Waals surface area contributed by atoms with Crippen molar-refractivity contribution >= 4 is 52.2 Å². The van der Waals surface area contributed by atoms with Crippen LogP contribution < -0.4 is 19.7 Å². The fourth-order valence-electron chi connectivity index (χ4n) is 4.36. The maximum Gasteiger partial charge on any atom is 0.280 e. The monoisotopic (exact) mass is 547 g/mol. The van der Waals surface area contributed by atoms with Gasteiger partial charge in [-0.2, -0.15) is 4.37 Å². The van der Waals surface area contributed by atoms with E-state index in [2.05, 4.69) is 9.69 Å². The Morgan fingerprint density at radius 1 is 1.14 bits per heavy atom. The molecule has 1 N–H and O–H groups in total. The van der Waals surface area contributed by atoms with E-state index in [0.717, 1.165) is 37.2 Å². The Hall–Kier alpha value is -2.81. The number of carbonyl (C=O) groups excluding carboxylic acids is 2. The van der Waals surface area contributed by atoms with Crippen LogP contribution in [0.3, 0.4) is 0 Å². The molecule has 0 unspecified atom stereocenters. The van der Waals surface area contributed by atoms with Crippen LogP contribution in [-0.4, -0.2) is 35.9 Å². The van der Waals surface area contributed by atoms with Crippen molar-refractivity contribution in [3.63, 3.8) is 0 Å². The zero-order valence-electron chi connectivity index (χ0n) is 20.0. The number of hydrogen-bond acceptors (Lipinski definition) is 6. The second-order valence-electron chi connectivity index (χ2n) is 8.36. The third kappa shape index (κ3) is 5.61. The molecule has 1 aliphatic carbocycles. The topological polar surface area (TPSA) is 80.8 Å². The number of aromatic nitrogens is 1. The van der Waals surface area contributed by atoms with Crippen molar-refractivity contribution in [2.24, 2.45) is 0 Å². The van der Waals surface area contributed by atoms with Gasteiger partial charge in [0, 0.05) is 6.04 Å². The Morgan fingerprint density at radius 3 is 2.44 bits per heavy atom. The first kappa shape index (κ1) is 26.3. The third-order valence-electron chi connectivity index (χ3n) is 6.08. The summed E-state index contributed by atoms with van der Waals surface area (Å²) in [6, 6.07) is 13.2. The lowest BCUT2D eigenvalue weighted by atomic mass is 10.0. The van der Waals surface area contributed by atoms with Crippen molar-refractivity contribution in [2.75, 3.05) is 18.6 Å². The molecule has 1 atom stereocenters. The number of ether oxygens (including phenoxy) is 2. The maximum absolute atomic E-state index is 14.1. The van der Waals surface area contributed by atoms with Gasteiger partial charge < -0.3 is 14.8 Å². The standard InChI is InChI=1S/C26H27Cl2N3O4S/c1-3-35-20-11-7-6-10-19(20)31(26(33)22-21(27)24(28)36-30-22)23(16-12-14-18(34-2)15-13-16)25(32)29-17-8-4-5-9-17/h6-7,10-15,17,23H,3-5,8-9H2,1-2H3,(H,29,32)/t23-/m1/s1. The zero-order valence-corrected chi connectivity index (χ0v) is 22.3. The number of nitrogens with zero attached hydrogens (tertiary/aromatic N) is 2. The predicted octanol–water partition coefficient (Wildman–Crippen LogP) is 6.30. The van der Waals surface area contributed by atoms with Crippen LogP contribution in [0.15, 0.2) is 48.5 Å². The molecule has 36 heavy (non-hydrogen) atoms. The molecule has 0 radical (unpaired) electrons. The van der Waals surface area contributed by atoms with E-state index in [1.807, 2.05) is 13.0 Å². The number of amides is 2. The van der Waals surface area contributed by atoms with Gasteiger partial charge in [0.2, 0.25) is 5.91 Å². The van der Waals surface area contributed by atoms with Crippen LogP contribution in [0, 0.1) is 0 Å². The van der Waals surface area contributed by atoms with E-state index in [4.69, 9.17) is 32.7 Å². The van der Waals surface area contributed by atoms with Crippen molar-refractivity contribution in [3.05, 3.63) is 69.1 Å². The van der Waals surface area contributed by atoms with Gasteiger partial charge in [-0.25, -0.2) is 0 Å². The van der Waals surface area contributed by atoms with Gasteiger partial charge in [0.05, 0.1) is 19.4 Å². The number of para-hydroxylation sites is 2. The summed E-state index contributed by atoms with van der Waals surface area (Å²) in [7, 11) is 1.57. The molecule has 0 aliphatic heterocycles. The molecule has 1 heterocycles. The van der Waals surface area contributed by atoms with Crippen LogP contribution in [0.5, 0.6) is 11.5 Å². The van der Waals surface area contributed by atoms with Crippen LogP contribution in [0.2, 0.25) is 9.36 Å². The summed E-state index contributed by atoms with van der Waals surface area (Å²) in [5, 5.41) is 3.20. The molecule has 1 aromatic heterocycles. The smallest absolute Gasteiger partial charge is 0.280 e. The minimum absolute atomic E-state index is 0.0230. The van der Waals surface area contributed by atoms with Gasteiger partial charge in [0.1, 0.15) is 26.9 Å². The number of anilines is 1. The van der Waals surface area contributed by atoms with Crippen molar-refractivity contribution in [1.29, 1.82) is 0 Å². The van der Waals surface area contributed by atoms with Crippen LogP contribution in [0.25, 0.3) is 0 Å². The van der Waals surface area contributed by atoms with Crippen LogP contribution in [-0.2, 0) is 4.79 Å². The van der Waals surface area contributed by atoms with Gasteiger partial charge >= 0.3 is 0 Å². The SMILES string of the molecule is CCOc1ccccc1N(C(=O)c1nsc(Cl)c1Cl)[C@@H](C(=O)NC1CCCC1)c1ccc(OC)cc1. The summed E-state index contributed by atoms with van der Waals surface area (Å²) in [5.41, 5.74) is 1.00. The summed E-state index contributed by atoms with van der Waals surface area (Å²) in [6.07, 6.45) is 3.91. The number of benzene rings is 2. The fraction of sp³-hybridized carbons (Fsp3) is 0.346. The molecule has 0 spiro atoms. The molecule has 1 fully saturated rings. The van der Waals surface area contributed by atoms with Gasteiger partial charge in [-0.1, -0.05) is 60.3 Å². The van der Waals surface area contributed by atoms with E-state index in [1.165, 1.54) is 4.90 Å². The normalized spacial score (nSPS) is 14.3. The molecule has 0 saturated heterocycles. The predicted molar refractivity (Wildman–Crippen MR) is 143 cm³/mol. The Morgan fingerprint density at radius 2 is 1.83 bits per heavy atom. The summed E-state index contributed by atoms with van der Waals surface area (Å²) < 4.78 is 15.6. The highest BCUT2D eigenvalue weighted by Gasteiger charge is 2.38. The quantitative estimate of drug-likeness (QED) is 0.339. The molecule has 2 aromatic carbocycles. The minimum Gasteiger partial charge on any atom is -0.497 e. The Labute approximate surface area is 224 Å². The maximum atomic E-state index is 14.1. The molecule has 1 saturated carbocycles.